The molecular formula is C18H34O2. The highest BCUT2D eigenvalue weighted by Crippen LogP contribution is 2.10. The van der Waals surface area contributed by atoms with Crippen molar-refractivity contribution in [3.8, 4) is 0 Å². The summed E-state index contributed by atoms with van der Waals surface area (Å²) in [5.74, 6) is -0.0395. The molecule has 0 aliphatic rings. The molecule has 0 rings (SSSR count). The van der Waals surface area contributed by atoms with E-state index in [-0.39, 0.29) is 5.97 Å². The molecule has 0 aliphatic carbocycles. The first-order valence-corrected chi connectivity index (χ1v) is 8.61. The fourth-order valence-electron chi connectivity index (χ4n) is 2.21. The maximum absolute atomic E-state index is 11.1. The fourth-order valence-corrected chi connectivity index (χ4v) is 2.21. The Hall–Kier alpha value is -0.790. The van der Waals surface area contributed by atoms with E-state index in [1.165, 1.54) is 57.8 Å². The van der Waals surface area contributed by atoms with Crippen LogP contribution in [0.2, 0.25) is 0 Å². The second-order valence-corrected chi connectivity index (χ2v) is 5.43. The Labute approximate surface area is 126 Å². The molecule has 0 amide bonds. The van der Waals surface area contributed by atoms with E-state index in [4.69, 9.17) is 4.74 Å². The molecule has 0 N–H and O–H groups in total. The maximum Gasteiger partial charge on any atom is 0.305 e. The van der Waals surface area contributed by atoms with Gasteiger partial charge in [0.15, 0.2) is 0 Å². The Morgan fingerprint density at radius 3 is 1.95 bits per heavy atom. The molecule has 0 unspecified atom stereocenters. The van der Waals surface area contributed by atoms with Gasteiger partial charge in [-0.05, 0) is 32.6 Å². The van der Waals surface area contributed by atoms with Crippen LogP contribution in [0.5, 0.6) is 0 Å². The van der Waals surface area contributed by atoms with Crippen molar-refractivity contribution in [3.63, 3.8) is 0 Å². The van der Waals surface area contributed by atoms with Gasteiger partial charge in [0.2, 0.25) is 0 Å². The number of rotatable bonds is 14. The molecule has 2 heteroatoms. The van der Waals surface area contributed by atoms with Gasteiger partial charge in [0, 0.05) is 6.42 Å². The van der Waals surface area contributed by atoms with E-state index in [0.717, 1.165) is 12.8 Å². The van der Waals surface area contributed by atoms with Gasteiger partial charge in [0.25, 0.3) is 0 Å². The van der Waals surface area contributed by atoms with Crippen molar-refractivity contribution in [3.05, 3.63) is 12.2 Å². The van der Waals surface area contributed by atoms with Crippen LogP contribution in [0.15, 0.2) is 12.2 Å². The van der Waals surface area contributed by atoms with E-state index in [9.17, 15) is 4.79 Å². The molecule has 0 heterocycles. The van der Waals surface area contributed by atoms with E-state index in [2.05, 4.69) is 19.1 Å². The third kappa shape index (κ3) is 15.3. The maximum atomic E-state index is 11.1. The third-order valence-electron chi connectivity index (χ3n) is 3.45. The molecule has 118 valence electrons. The summed E-state index contributed by atoms with van der Waals surface area (Å²) in [6.07, 6.45) is 19.1. The molecule has 0 aromatic carbocycles. The van der Waals surface area contributed by atoms with Gasteiger partial charge in [-0.25, -0.2) is 0 Å². The average molecular weight is 282 g/mol. The van der Waals surface area contributed by atoms with Crippen LogP contribution in [0.1, 0.15) is 90.9 Å². The summed E-state index contributed by atoms with van der Waals surface area (Å²) in [6, 6.07) is 0. The lowest BCUT2D eigenvalue weighted by Crippen LogP contribution is -2.03. The molecule has 0 fully saturated rings. The van der Waals surface area contributed by atoms with Crippen LogP contribution in [0.3, 0.4) is 0 Å². The quantitative estimate of drug-likeness (QED) is 0.228. The van der Waals surface area contributed by atoms with Crippen LogP contribution in [-0.2, 0) is 9.53 Å². The summed E-state index contributed by atoms with van der Waals surface area (Å²) in [5, 5.41) is 0. The SMILES string of the molecule is CCCCC=CCCCCCCCCCC(=O)OCC. The number of carbonyl (C=O) groups excluding carboxylic acids is 1. The summed E-state index contributed by atoms with van der Waals surface area (Å²) in [4.78, 5) is 11.1. The van der Waals surface area contributed by atoms with Gasteiger partial charge in [-0.15, -0.1) is 0 Å². The molecule has 2 nitrogen and oxygen atoms in total. The Kier molecular flexibility index (Phi) is 15.6. The van der Waals surface area contributed by atoms with Gasteiger partial charge >= 0.3 is 5.97 Å². The molecule has 0 spiro atoms. The Morgan fingerprint density at radius 1 is 0.800 bits per heavy atom. The summed E-state index contributed by atoms with van der Waals surface area (Å²) in [6.45, 7) is 4.60. The first-order valence-electron chi connectivity index (χ1n) is 8.61. The zero-order valence-electron chi connectivity index (χ0n) is 13.7. The van der Waals surface area contributed by atoms with Gasteiger partial charge in [-0.3, -0.25) is 4.79 Å². The smallest absolute Gasteiger partial charge is 0.305 e. The van der Waals surface area contributed by atoms with Crippen molar-refractivity contribution in [2.24, 2.45) is 0 Å². The molecule has 0 aromatic heterocycles. The molecule has 0 atom stereocenters. The molecular weight excluding hydrogens is 248 g/mol. The van der Waals surface area contributed by atoms with Crippen molar-refractivity contribution in [1.82, 2.24) is 0 Å². The molecule has 0 aliphatic heterocycles. The predicted octanol–water partition coefficient (Wildman–Crippen LogP) is 5.81. The standard InChI is InChI=1S/C18H34O2/c1-3-5-6-7-8-9-10-11-12-13-14-15-16-17-18(19)20-4-2/h7-8H,3-6,9-17H2,1-2H3. The molecule has 0 saturated carbocycles. The molecule has 20 heavy (non-hydrogen) atoms. The van der Waals surface area contributed by atoms with Crippen LogP contribution in [-0.4, -0.2) is 12.6 Å². The average Bonchev–Trinajstić information content (AvgIpc) is 2.44. The number of esters is 1. The van der Waals surface area contributed by atoms with Gasteiger partial charge in [0.1, 0.15) is 0 Å². The minimum atomic E-state index is -0.0395. The number of hydrogen-bond acceptors (Lipinski definition) is 2. The fraction of sp³-hybridized carbons (Fsp3) is 0.833. The van der Waals surface area contributed by atoms with Crippen molar-refractivity contribution in [2.45, 2.75) is 90.9 Å². The van der Waals surface area contributed by atoms with Gasteiger partial charge in [-0.2, -0.15) is 0 Å². The minimum absolute atomic E-state index is 0.0395. The number of allylic oxidation sites excluding steroid dienone is 2. The largest absolute Gasteiger partial charge is 0.466 e. The second kappa shape index (κ2) is 16.3. The Bertz CT molecular complexity index is 234. The summed E-state index contributed by atoms with van der Waals surface area (Å²) < 4.78 is 4.90. The van der Waals surface area contributed by atoms with Gasteiger partial charge in [-0.1, -0.05) is 64.0 Å². The zero-order chi connectivity index (χ0) is 14.9. The molecule has 0 bridgehead atoms. The summed E-state index contributed by atoms with van der Waals surface area (Å²) >= 11 is 0. The normalized spacial score (nSPS) is 11.1. The molecule has 0 radical (unpaired) electrons. The third-order valence-corrected chi connectivity index (χ3v) is 3.45. The lowest BCUT2D eigenvalue weighted by Gasteiger charge is -2.02. The van der Waals surface area contributed by atoms with Crippen molar-refractivity contribution >= 4 is 5.97 Å². The van der Waals surface area contributed by atoms with E-state index < -0.39 is 0 Å². The van der Waals surface area contributed by atoms with Crippen LogP contribution >= 0.6 is 0 Å². The first kappa shape index (κ1) is 19.2. The zero-order valence-corrected chi connectivity index (χ0v) is 13.7. The Balaban J connectivity index is 3.09. The van der Waals surface area contributed by atoms with Crippen molar-refractivity contribution in [2.75, 3.05) is 6.61 Å². The van der Waals surface area contributed by atoms with E-state index in [1.807, 2.05) is 6.92 Å². The van der Waals surface area contributed by atoms with E-state index in [1.54, 1.807) is 0 Å². The van der Waals surface area contributed by atoms with Crippen LogP contribution in [0.25, 0.3) is 0 Å². The monoisotopic (exact) mass is 282 g/mol. The van der Waals surface area contributed by atoms with Crippen molar-refractivity contribution < 1.29 is 9.53 Å². The number of hydrogen-bond donors (Lipinski definition) is 0. The van der Waals surface area contributed by atoms with Crippen LogP contribution in [0.4, 0.5) is 0 Å². The number of ether oxygens (including phenoxy) is 1. The summed E-state index contributed by atoms with van der Waals surface area (Å²) in [7, 11) is 0. The summed E-state index contributed by atoms with van der Waals surface area (Å²) in [5.41, 5.74) is 0. The highest BCUT2D eigenvalue weighted by atomic mass is 16.5. The number of carbonyl (C=O) groups is 1. The Morgan fingerprint density at radius 2 is 1.35 bits per heavy atom. The lowest BCUT2D eigenvalue weighted by molar-refractivity contribution is -0.143. The highest BCUT2D eigenvalue weighted by Gasteiger charge is 2.00. The minimum Gasteiger partial charge on any atom is -0.466 e. The second-order valence-electron chi connectivity index (χ2n) is 5.43. The predicted molar refractivity (Wildman–Crippen MR) is 86.9 cm³/mol. The van der Waals surface area contributed by atoms with E-state index in [0.29, 0.717) is 13.0 Å². The van der Waals surface area contributed by atoms with E-state index >= 15 is 0 Å². The van der Waals surface area contributed by atoms with Gasteiger partial charge in [0.05, 0.1) is 6.61 Å². The van der Waals surface area contributed by atoms with Crippen LogP contribution in [0, 0.1) is 0 Å². The first-order chi connectivity index (χ1) is 9.81. The van der Waals surface area contributed by atoms with Crippen LogP contribution < -0.4 is 0 Å². The molecule has 0 saturated heterocycles. The number of unbranched alkanes of at least 4 members (excludes halogenated alkanes) is 9. The molecule has 0 aromatic rings. The van der Waals surface area contributed by atoms with Crippen molar-refractivity contribution in [1.29, 1.82) is 0 Å². The highest BCUT2D eigenvalue weighted by molar-refractivity contribution is 5.69. The topological polar surface area (TPSA) is 26.3 Å². The lowest BCUT2D eigenvalue weighted by atomic mass is 10.1. The van der Waals surface area contributed by atoms with Gasteiger partial charge < -0.3 is 4.74 Å².